The molecule has 7 nitrogen and oxygen atoms in total. The van der Waals surface area contributed by atoms with Crippen molar-refractivity contribution < 1.29 is 9.18 Å². The molecular formula is C18H15ClFN5O2S2. The van der Waals surface area contributed by atoms with E-state index in [9.17, 15) is 14.0 Å². The SMILES string of the molecule is CCCn1c(=O)c2sccc2n2c(SCC(=O)Nc3ccc(F)c(Cl)c3)nnc12. The van der Waals surface area contributed by atoms with Crippen molar-refractivity contribution >= 4 is 62.3 Å². The van der Waals surface area contributed by atoms with Crippen LogP contribution in [0.2, 0.25) is 5.02 Å². The number of anilines is 1. The Morgan fingerprint density at radius 3 is 2.93 bits per heavy atom. The fourth-order valence-corrected chi connectivity index (χ4v) is 4.66. The number of fused-ring (bicyclic) bond motifs is 3. The Bertz CT molecular complexity index is 1280. The van der Waals surface area contributed by atoms with E-state index in [1.54, 1.807) is 8.97 Å². The quantitative estimate of drug-likeness (QED) is 0.447. The van der Waals surface area contributed by atoms with E-state index in [4.69, 9.17) is 11.6 Å². The number of amides is 1. The molecule has 0 fully saturated rings. The first-order chi connectivity index (χ1) is 14.0. The maximum atomic E-state index is 13.2. The van der Waals surface area contributed by atoms with Gasteiger partial charge in [-0.3, -0.25) is 18.6 Å². The largest absolute Gasteiger partial charge is 0.325 e. The highest BCUT2D eigenvalue weighted by atomic mass is 35.5. The van der Waals surface area contributed by atoms with Crippen LogP contribution in [0.5, 0.6) is 0 Å². The molecule has 4 aromatic rings. The summed E-state index contributed by atoms with van der Waals surface area (Å²) in [7, 11) is 0. The van der Waals surface area contributed by atoms with Crippen LogP contribution >= 0.6 is 34.7 Å². The molecule has 0 radical (unpaired) electrons. The lowest BCUT2D eigenvalue weighted by molar-refractivity contribution is -0.113. The second kappa shape index (κ2) is 8.13. The van der Waals surface area contributed by atoms with Crippen LogP contribution in [0.15, 0.2) is 39.6 Å². The zero-order valence-electron chi connectivity index (χ0n) is 15.2. The Hall–Kier alpha value is -2.43. The Morgan fingerprint density at radius 1 is 1.34 bits per heavy atom. The summed E-state index contributed by atoms with van der Waals surface area (Å²) in [5, 5.41) is 13.3. The van der Waals surface area contributed by atoms with Crippen LogP contribution in [0.3, 0.4) is 0 Å². The van der Waals surface area contributed by atoms with Gasteiger partial charge in [-0.25, -0.2) is 4.39 Å². The van der Waals surface area contributed by atoms with Crippen molar-refractivity contribution in [3.05, 3.63) is 50.8 Å². The number of carbonyl (C=O) groups is 1. The van der Waals surface area contributed by atoms with Gasteiger partial charge < -0.3 is 5.32 Å². The number of nitrogens with one attached hydrogen (secondary N) is 1. The Kier molecular flexibility index (Phi) is 5.57. The Labute approximate surface area is 177 Å². The molecular weight excluding hydrogens is 437 g/mol. The van der Waals surface area contributed by atoms with Gasteiger partial charge in [0.05, 0.1) is 16.3 Å². The summed E-state index contributed by atoms with van der Waals surface area (Å²) in [6.45, 7) is 2.52. The number of aromatic nitrogens is 4. The van der Waals surface area contributed by atoms with E-state index in [0.29, 0.717) is 27.9 Å². The van der Waals surface area contributed by atoms with E-state index in [-0.39, 0.29) is 22.2 Å². The van der Waals surface area contributed by atoms with Crippen molar-refractivity contribution in [1.82, 2.24) is 19.2 Å². The average Bonchev–Trinajstić information content (AvgIpc) is 3.33. The smallest absolute Gasteiger partial charge is 0.272 e. The van der Waals surface area contributed by atoms with E-state index in [1.807, 2.05) is 18.4 Å². The van der Waals surface area contributed by atoms with E-state index in [2.05, 4.69) is 15.5 Å². The van der Waals surface area contributed by atoms with Crippen molar-refractivity contribution in [2.45, 2.75) is 25.0 Å². The molecule has 29 heavy (non-hydrogen) atoms. The highest BCUT2D eigenvalue weighted by molar-refractivity contribution is 7.99. The first-order valence-corrected chi connectivity index (χ1v) is 11.0. The topological polar surface area (TPSA) is 81.3 Å². The first-order valence-electron chi connectivity index (χ1n) is 8.72. The van der Waals surface area contributed by atoms with Crippen molar-refractivity contribution in [1.29, 1.82) is 0 Å². The summed E-state index contributed by atoms with van der Waals surface area (Å²) in [4.78, 5) is 25.0. The number of thiophene rings is 1. The maximum absolute atomic E-state index is 13.2. The van der Waals surface area contributed by atoms with Crippen molar-refractivity contribution in [2.24, 2.45) is 0 Å². The number of rotatable bonds is 6. The van der Waals surface area contributed by atoms with Gasteiger partial charge >= 0.3 is 0 Å². The van der Waals surface area contributed by atoms with Crippen LogP contribution in [0.1, 0.15) is 13.3 Å². The molecule has 0 bridgehead atoms. The minimum absolute atomic E-state index is 0.0624. The van der Waals surface area contributed by atoms with Crippen molar-refractivity contribution in [2.75, 3.05) is 11.1 Å². The minimum Gasteiger partial charge on any atom is -0.325 e. The normalized spacial score (nSPS) is 11.4. The fourth-order valence-electron chi connectivity index (χ4n) is 2.92. The standard InChI is InChI=1S/C18H15ClFN5O2S2/c1-2-6-24-16(27)15-13(5-7-28-15)25-17(24)22-23-18(25)29-9-14(26)21-10-3-4-12(20)11(19)8-10/h3-5,7-8H,2,6,9H2,1H3,(H,21,26). The van der Waals surface area contributed by atoms with Crippen LogP contribution in [0.25, 0.3) is 16.0 Å². The van der Waals surface area contributed by atoms with Gasteiger partial charge in [0.25, 0.3) is 5.56 Å². The van der Waals surface area contributed by atoms with Gasteiger partial charge in [-0.15, -0.1) is 21.5 Å². The lowest BCUT2D eigenvalue weighted by atomic mass is 10.3. The number of thioether (sulfide) groups is 1. The molecule has 1 aromatic carbocycles. The summed E-state index contributed by atoms with van der Waals surface area (Å²) < 4.78 is 17.3. The third-order valence-electron chi connectivity index (χ3n) is 4.17. The zero-order chi connectivity index (χ0) is 20.5. The highest BCUT2D eigenvalue weighted by Gasteiger charge is 2.18. The molecule has 0 atom stereocenters. The van der Waals surface area contributed by atoms with E-state index in [0.717, 1.165) is 11.9 Å². The lowest BCUT2D eigenvalue weighted by Crippen LogP contribution is -2.22. The van der Waals surface area contributed by atoms with E-state index < -0.39 is 5.82 Å². The number of benzene rings is 1. The Morgan fingerprint density at radius 2 is 2.17 bits per heavy atom. The fraction of sp³-hybridized carbons (Fsp3) is 0.222. The number of hydrogen-bond donors (Lipinski definition) is 1. The highest BCUT2D eigenvalue weighted by Crippen LogP contribution is 2.25. The summed E-state index contributed by atoms with van der Waals surface area (Å²) in [6.07, 6.45) is 0.782. The molecule has 0 aliphatic carbocycles. The molecule has 150 valence electrons. The van der Waals surface area contributed by atoms with Crippen molar-refractivity contribution in [3.8, 4) is 0 Å². The molecule has 0 spiro atoms. The van der Waals surface area contributed by atoms with Crippen LogP contribution in [-0.2, 0) is 11.3 Å². The maximum Gasteiger partial charge on any atom is 0.272 e. The molecule has 0 saturated heterocycles. The summed E-state index contributed by atoms with van der Waals surface area (Å²) in [6, 6.07) is 5.83. The van der Waals surface area contributed by atoms with Gasteiger partial charge in [-0.05, 0) is 36.1 Å². The molecule has 0 saturated carbocycles. The van der Waals surface area contributed by atoms with Gasteiger partial charge in [0.1, 0.15) is 10.5 Å². The minimum atomic E-state index is -0.549. The molecule has 0 aliphatic heterocycles. The predicted molar refractivity (Wildman–Crippen MR) is 114 cm³/mol. The van der Waals surface area contributed by atoms with Crippen LogP contribution in [-0.4, -0.2) is 30.8 Å². The zero-order valence-corrected chi connectivity index (χ0v) is 17.6. The number of carbonyl (C=O) groups excluding carboxylic acids is 1. The predicted octanol–water partition coefficient (Wildman–Crippen LogP) is 4.04. The summed E-state index contributed by atoms with van der Waals surface area (Å²) in [5.41, 5.74) is 1.05. The van der Waals surface area contributed by atoms with Crippen LogP contribution in [0, 0.1) is 5.82 Å². The van der Waals surface area contributed by atoms with Gasteiger partial charge in [-0.1, -0.05) is 30.3 Å². The Balaban J connectivity index is 1.61. The second-order valence-electron chi connectivity index (χ2n) is 6.18. The summed E-state index contributed by atoms with van der Waals surface area (Å²) >= 11 is 8.31. The molecule has 4 rings (SSSR count). The molecule has 3 aromatic heterocycles. The number of aryl methyl sites for hydroxylation is 1. The molecule has 1 N–H and O–H groups in total. The average molecular weight is 452 g/mol. The van der Waals surface area contributed by atoms with Crippen molar-refractivity contribution in [3.63, 3.8) is 0 Å². The lowest BCUT2D eigenvalue weighted by Gasteiger charge is -2.08. The monoisotopic (exact) mass is 451 g/mol. The second-order valence-corrected chi connectivity index (χ2v) is 8.44. The third-order valence-corrected chi connectivity index (χ3v) is 6.28. The molecule has 11 heteroatoms. The third kappa shape index (κ3) is 3.75. The van der Waals surface area contributed by atoms with Crippen LogP contribution in [0.4, 0.5) is 10.1 Å². The van der Waals surface area contributed by atoms with E-state index >= 15 is 0 Å². The van der Waals surface area contributed by atoms with E-state index in [1.165, 1.54) is 41.3 Å². The first kappa shape index (κ1) is 19.9. The molecule has 0 unspecified atom stereocenters. The molecule has 0 aliphatic rings. The van der Waals surface area contributed by atoms with Gasteiger partial charge in [0, 0.05) is 12.2 Å². The van der Waals surface area contributed by atoms with Gasteiger partial charge in [-0.2, -0.15) is 0 Å². The molecule has 3 heterocycles. The molecule has 1 amide bonds. The van der Waals surface area contributed by atoms with Gasteiger partial charge in [0.2, 0.25) is 11.7 Å². The van der Waals surface area contributed by atoms with Gasteiger partial charge in [0.15, 0.2) is 5.16 Å². The van der Waals surface area contributed by atoms with Crippen LogP contribution < -0.4 is 10.9 Å². The summed E-state index contributed by atoms with van der Waals surface area (Å²) in [5.74, 6) is -0.324. The number of hydrogen-bond acceptors (Lipinski definition) is 6. The number of halogens is 2. The number of nitrogens with zero attached hydrogens (tertiary/aromatic N) is 4.